The topological polar surface area (TPSA) is 230 Å². The number of imide groups is 2. The smallest absolute Gasteiger partial charge is 0.264 e. The highest BCUT2D eigenvalue weighted by molar-refractivity contribution is 6.43. The number of aromatic nitrogens is 5. The molecule has 0 spiro atoms. The molecule has 19 nitrogen and oxygen atoms in total. The van der Waals surface area contributed by atoms with Gasteiger partial charge in [0.05, 0.1) is 92.5 Å². The van der Waals surface area contributed by atoms with Gasteiger partial charge in [0.1, 0.15) is 17.6 Å². The molecular formula is C42H51Cl2N11O8. The summed E-state index contributed by atoms with van der Waals surface area (Å²) in [6.45, 7) is 8.58. The molecule has 21 heteroatoms. The molecule has 2 fully saturated rings. The van der Waals surface area contributed by atoms with E-state index in [1.54, 1.807) is 41.2 Å². The van der Waals surface area contributed by atoms with E-state index in [2.05, 4.69) is 48.1 Å². The van der Waals surface area contributed by atoms with Crippen LogP contribution in [0.1, 0.15) is 59.0 Å². The number of nitrogens with zero attached hydrogens (tertiary/aromatic N) is 7. The van der Waals surface area contributed by atoms with Crippen molar-refractivity contribution in [3.63, 3.8) is 0 Å². The lowest BCUT2D eigenvalue weighted by molar-refractivity contribution is -0.136. The van der Waals surface area contributed by atoms with E-state index in [1.165, 1.54) is 0 Å². The second-order valence-electron chi connectivity index (χ2n) is 15.5. The highest BCUT2D eigenvalue weighted by Crippen LogP contribution is 2.36. The van der Waals surface area contributed by atoms with Crippen LogP contribution in [0.4, 0.5) is 17.3 Å². The minimum absolute atomic E-state index is 0.0615. The second-order valence-corrected chi connectivity index (χ2v) is 16.3. The van der Waals surface area contributed by atoms with Crippen LogP contribution in [0.25, 0.3) is 11.3 Å². The van der Waals surface area contributed by atoms with Crippen LogP contribution >= 0.6 is 23.2 Å². The van der Waals surface area contributed by atoms with E-state index in [1.807, 2.05) is 12.3 Å². The maximum absolute atomic E-state index is 13.2. The number of halogens is 2. The van der Waals surface area contributed by atoms with Gasteiger partial charge in [-0.15, -0.1) is 5.10 Å². The van der Waals surface area contributed by atoms with Crippen molar-refractivity contribution in [1.82, 2.24) is 40.5 Å². The third-order valence-electron chi connectivity index (χ3n) is 11.1. The molecule has 5 heterocycles. The normalized spacial score (nSPS) is 17.3. The summed E-state index contributed by atoms with van der Waals surface area (Å²) in [5, 5.41) is 18.4. The first kappa shape index (κ1) is 45.7. The summed E-state index contributed by atoms with van der Waals surface area (Å²) in [5.41, 5.74) is 9.13. The molecule has 2 saturated heterocycles. The number of hydrogen-bond acceptors (Lipinski definition) is 16. The van der Waals surface area contributed by atoms with Crippen molar-refractivity contribution in [2.45, 2.75) is 57.3 Å². The number of anilines is 3. The fourth-order valence-corrected chi connectivity index (χ4v) is 7.91. The number of nitrogens with two attached hydrogens (primary N) is 1. The summed E-state index contributed by atoms with van der Waals surface area (Å²) >= 11 is 12.6. The quantitative estimate of drug-likeness (QED) is 0.0655. The van der Waals surface area contributed by atoms with Gasteiger partial charge in [0, 0.05) is 55.6 Å². The number of carbonyl (C=O) groups is 4. The Balaban J connectivity index is 0.690. The molecule has 3 aliphatic heterocycles. The number of benzene rings is 2. The minimum Gasteiger partial charge on any atom is -0.382 e. The lowest BCUT2D eigenvalue weighted by atomic mass is 9.89. The number of piperidine rings is 2. The van der Waals surface area contributed by atoms with Crippen molar-refractivity contribution in [3.8, 4) is 11.3 Å². The molecular weight excluding hydrogens is 857 g/mol. The van der Waals surface area contributed by atoms with Gasteiger partial charge in [0.25, 0.3) is 11.8 Å². The number of rotatable bonds is 22. The van der Waals surface area contributed by atoms with E-state index in [9.17, 15) is 19.2 Å². The zero-order valence-electron chi connectivity index (χ0n) is 34.9. The lowest BCUT2D eigenvalue weighted by Gasteiger charge is -2.40. The highest BCUT2D eigenvalue weighted by Gasteiger charge is 2.45. The molecule has 336 valence electrons. The van der Waals surface area contributed by atoms with Gasteiger partial charge in [-0.2, -0.15) is 0 Å². The molecule has 63 heavy (non-hydrogen) atoms. The number of carbonyl (C=O) groups excluding carboxylic acids is 4. The van der Waals surface area contributed by atoms with Crippen LogP contribution in [0, 0.1) is 0 Å². The van der Waals surface area contributed by atoms with E-state index in [4.69, 9.17) is 47.9 Å². The van der Waals surface area contributed by atoms with Crippen LogP contribution in [-0.2, 0) is 41.6 Å². The summed E-state index contributed by atoms with van der Waals surface area (Å²) < 4.78 is 24.3. The third kappa shape index (κ3) is 11.5. The van der Waals surface area contributed by atoms with Gasteiger partial charge in [-0.3, -0.25) is 29.4 Å². The summed E-state index contributed by atoms with van der Waals surface area (Å²) in [5.74, 6) is -1.15. The van der Waals surface area contributed by atoms with Gasteiger partial charge in [-0.25, -0.2) is 14.6 Å². The first-order valence-electron chi connectivity index (χ1n) is 20.9. The highest BCUT2D eigenvalue weighted by atomic mass is 35.5. The van der Waals surface area contributed by atoms with Gasteiger partial charge < -0.3 is 40.2 Å². The van der Waals surface area contributed by atoms with E-state index >= 15 is 0 Å². The van der Waals surface area contributed by atoms with E-state index < -0.39 is 29.7 Å². The standard InChI is InChI=1S/C42H51Cl2N11O8/c1-42(10-13-53(14-11-42)33-25-47-37(38(45)49-33)29-5-2-6-30(43)36(29)44)48-24-27-26-54(52-51-27)15-17-61-19-21-63-23-22-62-20-18-60-16-12-46-31-7-3-4-28-35(31)41(59)55(40(28)58)32-8-9-34(56)50-39(32)57/h2-7,25-26,32,46,48H,8-24H2,1H3,(H2,45,49)(H,50,56,57). The Morgan fingerprint density at radius 3 is 2.29 bits per heavy atom. The van der Waals surface area contributed by atoms with Crippen molar-refractivity contribution in [3.05, 3.63) is 75.7 Å². The molecule has 4 amide bonds. The predicted molar refractivity (Wildman–Crippen MR) is 233 cm³/mol. The average Bonchev–Trinajstić information content (AvgIpc) is 3.84. The summed E-state index contributed by atoms with van der Waals surface area (Å²) in [4.78, 5) is 62.5. The van der Waals surface area contributed by atoms with Gasteiger partial charge in [0.2, 0.25) is 11.8 Å². The first-order chi connectivity index (χ1) is 30.5. The van der Waals surface area contributed by atoms with Crippen molar-refractivity contribution >= 4 is 64.2 Å². The largest absolute Gasteiger partial charge is 0.382 e. The van der Waals surface area contributed by atoms with Crippen molar-refractivity contribution in [2.24, 2.45) is 0 Å². The lowest BCUT2D eigenvalue weighted by Crippen LogP contribution is -2.54. The Morgan fingerprint density at radius 1 is 0.889 bits per heavy atom. The molecule has 2 aromatic heterocycles. The van der Waals surface area contributed by atoms with Gasteiger partial charge in [0.15, 0.2) is 5.82 Å². The molecule has 0 bridgehead atoms. The zero-order chi connectivity index (χ0) is 44.3. The van der Waals surface area contributed by atoms with Crippen LogP contribution in [0.2, 0.25) is 10.0 Å². The number of amides is 4. The first-order valence-corrected chi connectivity index (χ1v) is 21.6. The number of nitrogen functional groups attached to an aromatic ring is 1. The molecule has 1 atom stereocenters. The van der Waals surface area contributed by atoms with Gasteiger partial charge >= 0.3 is 0 Å². The Hall–Kier alpha value is -5.28. The molecule has 7 rings (SSSR count). The van der Waals surface area contributed by atoms with E-state index in [-0.39, 0.29) is 29.5 Å². The Bertz CT molecular complexity index is 2270. The van der Waals surface area contributed by atoms with Gasteiger partial charge in [-0.05, 0) is 44.4 Å². The molecule has 0 aliphatic carbocycles. The molecule has 1 unspecified atom stereocenters. The third-order valence-corrected chi connectivity index (χ3v) is 11.9. The molecule has 2 aromatic carbocycles. The van der Waals surface area contributed by atoms with Crippen LogP contribution in [0.15, 0.2) is 48.8 Å². The maximum Gasteiger partial charge on any atom is 0.264 e. The molecule has 3 aliphatic rings. The molecule has 4 aromatic rings. The number of ether oxygens (including phenoxy) is 4. The van der Waals surface area contributed by atoms with E-state index in [0.717, 1.165) is 42.3 Å². The van der Waals surface area contributed by atoms with Crippen LogP contribution in [-0.4, -0.2) is 138 Å². The number of hydrogen-bond donors (Lipinski definition) is 4. The van der Waals surface area contributed by atoms with Crippen molar-refractivity contribution < 1.29 is 38.1 Å². The summed E-state index contributed by atoms with van der Waals surface area (Å²) in [6.07, 6.45) is 5.61. The summed E-state index contributed by atoms with van der Waals surface area (Å²) in [6, 6.07) is 9.24. The summed E-state index contributed by atoms with van der Waals surface area (Å²) in [7, 11) is 0. The predicted octanol–water partition coefficient (Wildman–Crippen LogP) is 3.35. The van der Waals surface area contributed by atoms with Crippen LogP contribution in [0.5, 0.6) is 0 Å². The molecule has 5 N–H and O–H groups in total. The number of nitrogens with one attached hydrogen (secondary N) is 3. The number of fused-ring (bicyclic) bond motifs is 1. The second kappa shape index (κ2) is 21.4. The monoisotopic (exact) mass is 907 g/mol. The van der Waals surface area contributed by atoms with Crippen LogP contribution < -0.4 is 26.6 Å². The van der Waals surface area contributed by atoms with Crippen LogP contribution in [0.3, 0.4) is 0 Å². The Morgan fingerprint density at radius 2 is 1.57 bits per heavy atom. The minimum atomic E-state index is -1.02. The Kier molecular flexibility index (Phi) is 15.5. The SMILES string of the molecule is CC1(NCc2cn(CCOCCOCCOCCOCCNc3cccc4c3C(=O)N(C3CCC(=O)NC3=O)C4=O)nn2)CCN(c2cnc(-c3cccc(Cl)c3Cl)c(N)n2)CC1. The maximum atomic E-state index is 13.2. The van der Waals surface area contributed by atoms with Gasteiger partial charge in [-0.1, -0.05) is 46.6 Å². The van der Waals surface area contributed by atoms with Crippen molar-refractivity contribution in [2.75, 3.05) is 88.4 Å². The Labute approximate surface area is 374 Å². The van der Waals surface area contributed by atoms with E-state index in [0.29, 0.717) is 105 Å². The zero-order valence-corrected chi connectivity index (χ0v) is 36.5. The van der Waals surface area contributed by atoms with Crippen molar-refractivity contribution in [1.29, 1.82) is 0 Å². The molecule has 0 radical (unpaired) electrons. The molecule has 0 saturated carbocycles. The fourth-order valence-electron chi connectivity index (χ4n) is 7.52. The fraction of sp³-hybridized carbons (Fsp3) is 0.476. The average molecular weight is 909 g/mol.